The van der Waals surface area contributed by atoms with E-state index < -0.39 is 98.2 Å². The maximum atomic E-state index is 14.4. The molecule has 3 aliphatic rings. The molecule has 73 heavy (non-hydrogen) atoms. The number of methoxy groups -OCH3 is 1. The molecule has 11 atom stereocenters. The quantitative estimate of drug-likeness (QED) is 0.0457. The van der Waals surface area contributed by atoms with Crippen molar-refractivity contribution in [2.24, 2.45) is 0 Å². The highest BCUT2D eigenvalue weighted by Crippen LogP contribution is 2.40. The highest BCUT2D eigenvalue weighted by Gasteiger charge is 2.58. The van der Waals surface area contributed by atoms with Crippen LogP contribution >= 0.6 is 0 Å². The summed E-state index contributed by atoms with van der Waals surface area (Å²) in [6, 6.07) is 48.6. The van der Waals surface area contributed by atoms with Gasteiger partial charge in [-0.1, -0.05) is 109 Å². The number of hydrogen-bond donors (Lipinski definition) is 0. The maximum absolute atomic E-state index is 14.4. The molecular weight excluding hydrogens is 941 g/mol. The van der Waals surface area contributed by atoms with Crippen molar-refractivity contribution >= 4 is 23.9 Å². The number of hydrogen-bond acceptors (Lipinski definition) is 16. The molecule has 3 saturated heterocycles. The monoisotopic (exact) mass is 992 g/mol. The van der Waals surface area contributed by atoms with Crippen molar-refractivity contribution in [3.05, 3.63) is 216 Å². The van der Waals surface area contributed by atoms with Crippen molar-refractivity contribution in [3.8, 4) is 11.5 Å². The van der Waals surface area contributed by atoms with Gasteiger partial charge in [0.1, 0.15) is 48.6 Å². The van der Waals surface area contributed by atoms with Crippen molar-refractivity contribution in [1.29, 1.82) is 0 Å². The first-order valence-corrected chi connectivity index (χ1v) is 23.6. The number of fused-ring (bicyclic) bond motifs is 1. The highest BCUT2D eigenvalue weighted by atomic mass is 16.8. The molecule has 16 heteroatoms. The fourth-order valence-corrected chi connectivity index (χ4v) is 8.52. The molecule has 3 heterocycles. The molecule has 1 unspecified atom stereocenters. The molecule has 376 valence electrons. The van der Waals surface area contributed by atoms with E-state index in [2.05, 4.69) is 6.58 Å². The third kappa shape index (κ3) is 12.3. The van der Waals surface area contributed by atoms with Gasteiger partial charge >= 0.3 is 23.9 Å². The molecule has 3 aliphatic heterocycles. The molecule has 0 aromatic heterocycles. The van der Waals surface area contributed by atoms with E-state index in [1.807, 2.05) is 30.3 Å². The summed E-state index contributed by atoms with van der Waals surface area (Å²) < 4.78 is 76.7. The Morgan fingerprint density at radius 1 is 0.534 bits per heavy atom. The maximum Gasteiger partial charge on any atom is 0.338 e. The second-order valence-electron chi connectivity index (χ2n) is 16.9. The number of rotatable bonds is 18. The van der Waals surface area contributed by atoms with Crippen LogP contribution in [0.2, 0.25) is 0 Å². The van der Waals surface area contributed by atoms with Gasteiger partial charge in [-0.05, 0) is 72.8 Å². The van der Waals surface area contributed by atoms with E-state index in [1.165, 1.54) is 13.2 Å². The number of benzene rings is 6. The van der Waals surface area contributed by atoms with Crippen LogP contribution in [0.25, 0.3) is 0 Å². The number of ether oxygens (including phenoxy) is 12. The molecular formula is C57H52O16. The molecule has 0 radical (unpaired) electrons. The first-order valence-electron chi connectivity index (χ1n) is 23.6. The van der Waals surface area contributed by atoms with Gasteiger partial charge in [0.15, 0.2) is 30.9 Å². The molecule has 0 amide bonds. The lowest BCUT2D eigenvalue weighted by Crippen LogP contribution is -2.68. The van der Waals surface area contributed by atoms with Gasteiger partial charge in [0.2, 0.25) is 6.29 Å². The van der Waals surface area contributed by atoms with Gasteiger partial charge in [-0.25, -0.2) is 19.2 Å². The molecule has 16 nitrogen and oxygen atoms in total. The second-order valence-corrected chi connectivity index (χ2v) is 16.9. The predicted octanol–water partition coefficient (Wildman–Crippen LogP) is 8.13. The van der Waals surface area contributed by atoms with Gasteiger partial charge in [0, 0.05) is 5.56 Å². The minimum atomic E-state index is -1.64. The van der Waals surface area contributed by atoms with Crippen LogP contribution in [-0.2, 0) is 47.4 Å². The SMILES string of the molecule is C=CCO[C@H]1[C@H]2OC(c3ccccc3)OC[C@H]2O[C@H](O[C@H]2[C@@H](OC(=O)c3ccccc3)[C@@H](COC(=O)c3ccccc3)O[C@@H](Oc3ccc(OC)cc3)[C@@H]2OC(=O)c2ccccc2)[C@@H]1OC(=O)c1ccccc1. The standard InChI is InChI=1S/C57H52O16/c1-3-33-63-47-45-44(35-65-55(72-45)40-27-17-8-18-28-40)68-57(49(47)70-53(60)38-23-13-6-14-24-38)73-48-46(69-52(59)37-21-11-5-12-22-37)43(34-64-51(58)36-19-9-4-10-20-36)67-56(66-42-31-29-41(62-2)30-32-42)50(48)71-54(61)39-25-15-7-16-26-39/h3-32,43-50,55-57H,1,33-35H2,2H3/t43-,44-,45+,46+,47+,48+,49-,50-,55?,56-,57-/m1/s1. The summed E-state index contributed by atoms with van der Waals surface area (Å²) in [7, 11) is 1.51. The number of carbonyl (C=O) groups excluding carboxylic acids is 4. The third-order valence-corrected chi connectivity index (χ3v) is 12.1. The zero-order valence-corrected chi connectivity index (χ0v) is 39.5. The van der Waals surface area contributed by atoms with Crippen LogP contribution in [0.3, 0.4) is 0 Å². The Hall–Kier alpha value is -7.70. The molecule has 6 aromatic rings. The van der Waals surface area contributed by atoms with Crippen LogP contribution in [0.15, 0.2) is 189 Å². The van der Waals surface area contributed by atoms with E-state index in [0.717, 1.165) is 5.56 Å². The average Bonchev–Trinajstić information content (AvgIpc) is 3.44. The zero-order chi connectivity index (χ0) is 50.5. The van der Waals surface area contributed by atoms with E-state index in [9.17, 15) is 19.2 Å². The Bertz CT molecular complexity index is 2750. The van der Waals surface area contributed by atoms with E-state index in [0.29, 0.717) is 5.75 Å². The molecule has 0 aliphatic carbocycles. The first-order chi connectivity index (χ1) is 35.8. The summed E-state index contributed by atoms with van der Waals surface area (Å²) in [4.78, 5) is 56.6. The van der Waals surface area contributed by atoms with E-state index in [1.54, 1.807) is 146 Å². The summed E-state index contributed by atoms with van der Waals surface area (Å²) in [5.41, 5.74) is 1.44. The lowest BCUT2D eigenvalue weighted by Gasteiger charge is -2.51. The van der Waals surface area contributed by atoms with Crippen LogP contribution < -0.4 is 9.47 Å². The van der Waals surface area contributed by atoms with Crippen LogP contribution in [0.1, 0.15) is 53.3 Å². The van der Waals surface area contributed by atoms with Crippen LogP contribution in [0, 0.1) is 0 Å². The van der Waals surface area contributed by atoms with Gasteiger partial charge < -0.3 is 56.8 Å². The number of esters is 4. The van der Waals surface area contributed by atoms with Crippen LogP contribution in [-0.4, -0.2) is 112 Å². The Balaban J connectivity index is 1.16. The summed E-state index contributed by atoms with van der Waals surface area (Å²) in [6.07, 6.45) is -13.3. The largest absolute Gasteiger partial charge is 0.497 e. The molecule has 0 spiro atoms. The van der Waals surface area contributed by atoms with Gasteiger partial charge in [-0.3, -0.25) is 0 Å². The minimum Gasteiger partial charge on any atom is -0.497 e. The van der Waals surface area contributed by atoms with Crippen LogP contribution in [0.5, 0.6) is 11.5 Å². The summed E-state index contributed by atoms with van der Waals surface area (Å²) in [6.45, 7) is 3.24. The Labute approximate surface area is 421 Å². The highest BCUT2D eigenvalue weighted by molar-refractivity contribution is 5.91. The molecule has 0 N–H and O–H groups in total. The molecule has 0 saturated carbocycles. The van der Waals surface area contributed by atoms with E-state index >= 15 is 0 Å². The predicted molar refractivity (Wildman–Crippen MR) is 259 cm³/mol. The van der Waals surface area contributed by atoms with Crippen molar-refractivity contribution in [2.45, 2.75) is 67.7 Å². The summed E-state index contributed by atoms with van der Waals surface area (Å²) >= 11 is 0. The van der Waals surface area contributed by atoms with Crippen molar-refractivity contribution in [1.82, 2.24) is 0 Å². The lowest BCUT2D eigenvalue weighted by molar-refractivity contribution is -0.384. The Morgan fingerprint density at radius 2 is 1.01 bits per heavy atom. The Kier molecular flexibility index (Phi) is 16.6. The molecule has 3 fully saturated rings. The lowest BCUT2D eigenvalue weighted by atomic mass is 9.95. The van der Waals surface area contributed by atoms with Gasteiger partial charge in [0.25, 0.3) is 0 Å². The van der Waals surface area contributed by atoms with Crippen molar-refractivity contribution in [2.75, 3.05) is 26.9 Å². The zero-order valence-electron chi connectivity index (χ0n) is 39.5. The van der Waals surface area contributed by atoms with Crippen molar-refractivity contribution < 1.29 is 76.0 Å². The van der Waals surface area contributed by atoms with Gasteiger partial charge in [-0.2, -0.15) is 0 Å². The second kappa shape index (κ2) is 24.1. The molecule has 6 aromatic carbocycles. The smallest absolute Gasteiger partial charge is 0.338 e. The van der Waals surface area contributed by atoms with Gasteiger partial charge in [0.05, 0.1) is 42.6 Å². The molecule has 9 rings (SSSR count). The summed E-state index contributed by atoms with van der Waals surface area (Å²) in [5, 5.41) is 0. The van der Waals surface area contributed by atoms with Crippen molar-refractivity contribution in [3.63, 3.8) is 0 Å². The topological polar surface area (TPSA) is 179 Å². The number of carbonyl (C=O) groups is 4. The first kappa shape index (κ1) is 50.2. The van der Waals surface area contributed by atoms with E-state index in [4.69, 9.17) is 56.8 Å². The average molecular weight is 993 g/mol. The minimum absolute atomic E-state index is 0.0290. The van der Waals surface area contributed by atoms with E-state index in [-0.39, 0.29) is 41.2 Å². The fraction of sp³-hybridized carbons (Fsp3) is 0.263. The Morgan fingerprint density at radius 3 is 1.53 bits per heavy atom. The summed E-state index contributed by atoms with van der Waals surface area (Å²) in [5.74, 6) is -2.40. The molecule has 0 bridgehead atoms. The normalized spacial score (nSPS) is 25.4. The fourth-order valence-electron chi connectivity index (χ4n) is 8.52. The van der Waals surface area contributed by atoms with Gasteiger partial charge in [-0.15, -0.1) is 6.58 Å². The third-order valence-electron chi connectivity index (χ3n) is 12.1. The van der Waals surface area contributed by atoms with Crippen LogP contribution in [0.4, 0.5) is 0 Å².